The Labute approximate surface area is 180 Å². The van der Waals surface area contributed by atoms with Crippen LogP contribution in [0.5, 0.6) is 5.75 Å². The van der Waals surface area contributed by atoms with E-state index in [2.05, 4.69) is 4.90 Å². The normalized spacial score (nSPS) is 17.5. The van der Waals surface area contributed by atoms with E-state index in [0.717, 1.165) is 11.3 Å². The molecule has 1 atom stereocenters. The van der Waals surface area contributed by atoms with E-state index in [9.17, 15) is 20.0 Å². The maximum atomic E-state index is 11.8. The van der Waals surface area contributed by atoms with Gasteiger partial charge in [-0.1, -0.05) is 12.1 Å². The minimum Gasteiger partial charge on any atom is -0.491 e. The zero-order valence-corrected chi connectivity index (χ0v) is 17.4. The first-order chi connectivity index (χ1) is 14.9. The number of carbonyl (C=O) groups excluding carboxylic acids is 1. The summed E-state index contributed by atoms with van der Waals surface area (Å²) in [6.07, 6.45) is -0.287. The quantitative estimate of drug-likeness (QED) is 0.531. The van der Waals surface area contributed by atoms with Gasteiger partial charge in [-0.3, -0.25) is 19.8 Å². The highest BCUT2D eigenvalue weighted by molar-refractivity contribution is 6.01. The Morgan fingerprint density at radius 2 is 1.87 bits per heavy atom. The number of β-amino-alcohol motifs (C(OH)–C–C–N with tert-alkyl or cyclic N) is 1. The number of anilines is 2. The average Bonchev–Trinajstić information content (AvgIpc) is 3.06. The summed E-state index contributed by atoms with van der Waals surface area (Å²) in [6.45, 7) is 3.35. The lowest BCUT2D eigenvalue weighted by atomic mass is 10.1. The Morgan fingerprint density at radius 1 is 1.13 bits per heavy atom. The molecule has 0 spiro atoms. The summed E-state index contributed by atoms with van der Waals surface area (Å²) in [5, 5.41) is 21.7. The number of para-hydroxylation sites is 2. The molecule has 0 aliphatic carbocycles. The van der Waals surface area contributed by atoms with Crippen molar-refractivity contribution in [3.63, 3.8) is 0 Å². The molecule has 9 heteroatoms. The van der Waals surface area contributed by atoms with Crippen LogP contribution in [0.3, 0.4) is 0 Å². The van der Waals surface area contributed by atoms with Gasteiger partial charge in [0.1, 0.15) is 24.1 Å². The minimum atomic E-state index is -0.657. The van der Waals surface area contributed by atoms with E-state index in [1.807, 2.05) is 29.2 Å². The lowest BCUT2D eigenvalue weighted by Crippen LogP contribution is -2.49. The molecule has 1 N–H and O–H groups in total. The number of aliphatic hydroxyl groups is 1. The zero-order valence-electron chi connectivity index (χ0n) is 17.4. The molecule has 0 saturated carbocycles. The molecular formula is C22H26N4O5. The second-order valence-electron chi connectivity index (χ2n) is 7.92. The number of hydrogen-bond acceptors (Lipinski definition) is 7. The Bertz CT molecular complexity index is 974. The third-order valence-corrected chi connectivity index (χ3v) is 5.83. The number of likely N-dealkylation sites (N-methyl/N-ethyl adjacent to an activating group) is 1. The molecule has 9 nitrogen and oxygen atoms in total. The van der Waals surface area contributed by atoms with Crippen LogP contribution < -0.4 is 14.5 Å². The van der Waals surface area contributed by atoms with Crippen LogP contribution in [0.4, 0.5) is 17.1 Å². The van der Waals surface area contributed by atoms with Crippen molar-refractivity contribution >= 4 is 23.0 Å². The number of ether oxygens (including phenoxy) is 1. The van der Waals surface area contributed by atoms with Crippen molar-refractivity contribution in [1.82, 2.24) is 4.90 Å². The van der Waals surface area contributed by atoms with Crippen LogP contribution in [-0.4, -0.2) is 73.3 Å². The van der Waals surface area contributed by atoms with E-state index in [1.54, 1.807) is 24.1 Å². The van der Waals surface area contributed by atoms with E-state index in [1.165, 1.54) is 6.07 Å². The van der Waals surface area contributed by atoms with Crippen molar-refractivity contribution in [2.45, 2.75) is 12.5 Å². The fourth-order valence-corrected chi connectivity index (χ4v) is 4.14. The van der Waals surface area contributed by atoms with Crippen molar-refractivity contribution < 1.29 is 19.6 Å². The van der Waals surface area contributed by atoms with Gasteiger partial charge in [0, 0.05) is 51.5 Å². The molecule has 2 aliphatic heterocycles. The summed E-state index contributed by atoms with van der Waals surface area (Å²) in [4.78, 5) is 28.5. The highest BCUT2D eigenvalue weighted by Gasteiger charge is 2.26. The van der Waals surface area contributed by atoms with Crippen molar-refractivity contribution in [2.24, 2.45) is 0 Å². The van der Waals surface area contributed by atoms with Gasteiger partial charge in [-0.05, 0) is 29.8 Å². The van der Waals surface area contributed by atoms with Gasteiger partial charge in [0.25, 0.3) is 5.69 Å². The average molecular weight is 426 g/mol. The highest BCUT2D eigenvalue weighted by Crippen LogP contribution is 2.31. The predicted octanol–water partition coefficient (Wildman–Crippen LogP) is 1.68. The number of hydrogen-bond donors (Lipinski definition) is 1. The molecule has 0 aromatic heterocycles. The predicted molar refractivity (Wildman–Crippen MR) is 117 cm³/mol. The summed E-state index contributed by atoms with van der Waals surface area (Å²) in [6, 6.07) is 12.3. The molecule has 1 saturated heterocycles. The number of rotatable bonds is 7. The van der Waals surface area contributed by atoms with Gasteiger partial charge in [-0.25, -0.2) is 0 Å². The minimum absolute atomic E-state index is 0.0622. The molecule has 0 radical (unpaired) electrons. The fourth-order valence-electron chi connectivity index (χ4n) is 4.14. The Balaban J connectivity index is 1.26. The third-order valence-electron chi connectivity index (χ3n) is 5.83. The highest BCUT2D eigenvalue weighted by atomic mass is 16.6. The van der Waals surface area contributed by atoms with Gasteiger partial charge in [-0.2, -0.15) is 0 Å². The van der Waals surface area contributed by atoms with E-state index in [0.29, 0.717) is 50.6 Å². The maximum absolute atomic E-state index is 11.8. The number of aliphatic hydroxyl groups excluding tert-OH is 1. The van der Waals surface area contributed by atoms with Crippen LogP contribution in [0.1, 0.15) is 5.56 Å². The molecule has 0 bridgehead atoms. The fraction of sp³-hybridized carbons (Fsp3) is 0.409. The van der Waals surface area contributed by atoms with Crippen LogP contribution in [0, 0.1) is 10.1 Å². The van der Waals surface area contributed by atoms with Crippen molar-refractivity contribution in [3.8, 4) is 5.75 Å². The number of nitro benzene ring substituents is 1. The summed E-state index contributed by atoms with van der Waals surface area (Å²) < 4.78 is 5.75. The zero-order chi connectivity index (χ0) is 22.0. The topological polar surface area (TPSA) is 99.4 Å². The van der Waals surface area contributed by atoms with E-state index < -0.39 is 6.10 Å². The van der Waals surface area contributed by atoms with Crippen LogP contribution in [0.2, 0.25) is 0 Å². The van der Waals surface area contributed by atoms with Crippen LogP contribution in [0.25, 0.3) is 0 Å². The standard InChI is InChI=1S/C22H26N4O5/c1-23-19-7-6-18(12-16(19)13-22(23)28)31-15-17(27)14-24-8-10-25(11-9-24)20-4-2-3-5-21(20)26(29)30/h2-7,12,17,27H,8-11,13-15H2,1H3. The smallest absolute Gasteiger partial charge is 0.292 e. The lowest BCUT2D eigenvalue weighted by molar-refractivity contribution is -0.384. The first-order valence-electron chi connectivity index (χ1n) is 10.3. The summed E-state index contributed by atoms with van der Waals surface area (Å²) in [7, 11) is 1.76. The third kappa shape index (κ3) is 4.62. The summed E-state index contributed by atoms with van der Waals surface area (Å²) in [5.74, 6) is 0.703. The van der Waals surface area contributed by atoms with Gasteiger partial charge in [0.15, 0.2) is 0 Å². The molecule has 1 amide bonds. The van der Waals surface area contributed by atoms with Gasteiger partial charge >= 0.3 is 0 Å². The molecule has 4 rings (SSSR count). The van der Waals surface area contributed by atoms with E-state index in [-0.39, 0.29) is 23.1 Å². The number of carbonyl (C=O) groups is 1. The number of benzene rings is 2. The molecule has 2 aromatic rings. The Hall–Kier alpha value is -3.17. The Kier molecular flexibility index (Phi) is 6.06. The van der Waals surface area contributed by atoms with Crippen molar-refractivity contribution in [3.05, 3.63) is 58.1 Å². The molecule has 31 heavy (non-hydrogen) atoms. The molecule has 164 valence electrons. The molecule has 2 aliphatic rings. The summed E-state index contributed by atoms with van der Waals surface area (Å²) in [5.41, 5.74) is 2.59. The molecule has 2 heterocycles. The number of nitro groups is 1. The van der Waals surface area contributed by atoms with Gasteiger partial charge in [-0.15, -0.1) is 0 Å². The largest absolute Gasteiger partial charge is 0.491 e. The number of fused-ring (bicyclic) bond motifs is 1. The molecular weight excluding hydrogens is 400 g/mol. The van der Waals surface area contributed by atoms with Crippen molar-refractivity contribution in [1.29, 1.82) is 0 Å². The van der Waals surface area contributed by atoms with Gasteiger partial charge in [0.2, 0.25) is 5.91 Å². The number of piperazine rings is 1. The number of amides is 1. The monoisotopic (exact) mass is 426 g/mol. The van der Waals surface area contributed by atoms with Gasteiger partial charge in [0.05, 0.1) is 11.3 Å². The van der Waals surface area contributed by atoms with Crippen LogP contribution >= 0.6 is 0 Å². The van der Waals surface area contributed by atoms with E-state index in [4.69, 9.17) is 4.74 Å². The van der Waals surface area contributed by atoms with Crippen LogP contribution in [-0.2, 0) is 11.2 Å². The first-order valence-corrected chi connectivity index (χ1v) is 10.3. The van der Waals surface area contributed by atoms with E-state index >= 15 is 0 Å². The first kappa shape index (κ1) is 21.1. The lowest BCUT2D eigenvalue weighted by Gasteiger charge is -2.36. The number of nitrogens with zero attached hydrogens (tertiary/aromatic N) is 4. The molecule has 1 unspecified atom stereocenters. The van der Waals surface area contributed by atoms with Crippen LogP contribution in [0.15, 0.2) is 42.5 Å². The SMILES string of the molecule is CN1C(=O)Cc2cc(OCC(O)CN3CCN(c4ccccc4[N+](=O)[O-])CC3)ccc21. The van der Waals surface area contributed by atoms with Crippen molar-refractivity contribution in [2.75, 3.05) is 56.2 Å². The maximum Gasteiger partial charge on any atom is 0.292 e. The second kappa shape index (κ2) is 8.91. The molecule has 2 aromatic carbocycles. The second-order valence-corrected chi connectivity index (χ2v) is 7.92. The summed E-state index contributed by atoms with van der Waals surface area (Å²) >= 11 is 0. The Morgan fingerprint density at radius 3 is 2.61 bits per heavy atom. The molecule has 1 fully saturated rings. The van der Waals surface area contributed by atoms with Gasteiger partial charge < -0.3 is 19.6 Å².